The SMILES string of the molecule is FC(F)(F)CCOCc1cc(Br)cs1. The van der Waals surface area contributed by atoms with Gasteiger partial charge in [0.05, 0.1) is 19.6 Å². The van der Waals surface area contributed by atoms with Crippen LogP contribution in [-0.2, 0) is 11.3 Å². The van der Waals surface area contributed by atoms with Crippen LogP contribution in [0.5, 0.6) is 0 Å². The number of ether oxygens (including phenoxy) is 1. The molecular weight excluding hydrogens is 281 g/mol. The highest BCUT2D eigenvalue weighted by atomic mass is 79.9. The van der Waals surface area contributed by atoms with E-state index in [9.17, 15) is 13.2 Å². The third kappa shape index (κ3) is 4.97. The van der Waals surface area contributed by atoms with E-state index in [0.717, 1.165) is 9.35 Å². The quantitative estimate of drug-likeness (QED) is 0.762. The van der Waals surface area contributed by atoms with Gasteiger partial charge in [-0.2, -0.15) is 13.2 Å². The van der Waals surface area contributed by atoms with Crippen molar-refractivity contribution in [2.45, 2.75) is 19.2 Å². The molecule has 0 saturated heterocycles. The smallest absolute Gasteiger partial charge is 0.376 e. The highest BCUT2D eigenvalue weighted by Crippen LogP contribution is 2.22. The molecule has 0 fully saturated rings. The van der Waals surface area contributed by atoms with E-state index in [1.165, 1.54) is 11.3 Å². The fourth-order valence-corrected chi connectivity index (χ4v) is 2.18. The van der Waals surface area contributed by atoms with Crippen LogP contribution in [0, 0.1) is 0 Å². The molecule has 0 spiro atoms. The summed E-state index contributed by atoms with van der Waals surface area (Å²) in [5.41, 5.74) is 0. The molecule has 1 rings (SSSR count). The lowest BCUT2D eigenvalue weighted by Crippen LogP contribution is -2.11. The van der Waals surface area contributed by atoms with E-state index in [0.29, 0.717) is 0 Å². The molecule has 0 amide bonds. The largest absolute Gasteiger partial charge is 0.391 e. The van der Waals surface area contributed by atoms with E-state index in [1.54, 1.807) is 0 Å². The minimum Gasteiger partial charge on any atom is -0.376 e. The molecule has 0 radical (unpaired) electrons. The van der Waals surface area contributed by atoms with Gasteiger partial charge in [0.2, 0.25) is 0 Å². The van der Waals surface area contributed by atoms with Crippen molar-refractivity contribution >= 4 is 27.3 Å². The molecule has 0 N–H and O–H groups in total. The lowest BCUT2D eigenvalue weighted by atomic mass is 10.4. The van der Waals surface area contributed by atoms with Crippen LogP contribution in [-0.4, -0.2) is 12.8 Å². The Morgan fingerprint density at radius 2 is 2.14 bits per heavy atom. The average Bonchev–Trinajstić information content (AvgIpc) is 2.44. The molecule has 0 atom stereocenters. The number of hydrogen-bond acceptors (Lipinski definition) is 2. The van der Waals surface area contributed by atoms with E-state index in [-0.39, 0.29) is 13.2 Å². The number of alkyl halides is 3. The van der Waals surface area contributed by atoms with Gasteiger partial charge in [0.15, 0.2) is 0 Å². The van der Waals surface area contributed by atoms with Gasteiger partial charge in [-0.3, -0.25) is 0 Å². The Bertz CT molecular complexity index is 284. The van der Waals surface area contributed by atoms with Crippen LogP contribution in [0.2, 0.25) is 0 Å². The standard InChI is InChI=1S/C8H8BrF3OS/c9-6-3-7(14-5-6)4-13-2-1-8(10,11)12/h3,5H,1-2,4H2. The van der Waals surface area contributed by atoms with Crippen LogP contribution in [0.15, 0.2) is 15.9 Å². The molecule has 1 aromatic heterocycles. The molecule has 0 bridgehead atoms. The first-order valence-corrected chi connectivity index (χ1v) is 5.52. The first-order chi connectivity index (χ1) is 6.47. The monoisotopic (exact) mass is 288 g/mol. The van der Waals surface area contributed by atoms with Crippen molar-refractivity contribution in [2.75, 3.05) is 6.61 Å². The van der Waals surface area contributed by atoms with E-state index >= 15 is 0 Å². The first-order valence-electron chi connectivity index (χ1n) is 3.85. The lowest BCUT2D eigenvalue weighted by Gasteiger charge is -2.05. The highest BCUT2D eigenvalue weighted by molar-refractivity contribution is 9.10. The molecule has 0 aliphatic heterocycles. The molecule has 0 aliphatic carbocycles. The second-order valence-corrected chi connectivity index (χ2v) is 4.56. The molecule has 0 unspecified atom stereocenters. The Morgan fingerprint density at radius 3 is 2.64 bits per heavy atom. The zero-order valence-electron chi connectivity index (χ0n) is 7.10. The van der Waals surface area contributed by atoms with Gasteiger partial charge < -0.3 is 4.74 Å². The Kier molecular flexibility index (Phi) is 4.40. The summed E-state index contributed by atoms with van der Waals surface area (Å²) in [6.07, 6.45) is -5.02. The van der Waals surface area contributed by atoms with E-state index in [2.05, 4.69) is 15.9 Å². The van der Waals surface area contributed by atoms with Gasteiger partial charge in [0.1, 0.15) is 0 Å². The summed E-state index contributed by atoms with van der Waals surface area (Å²) in [5, 5.41) is 1.86. The maximum absolute atomic E-state index is 11.7. The fraction of sp³-hybridized carbons (Fsp3) is 0.500. The summed E-state index contributed by atoms with van der Waals surface area (Å²) < 4.78 is 40.9. The van der Waals surface area contributed by atoms with Crippen LogP contribution >= 0.6 is 27.3 Å². The van der Waals surface area contributed by atoms with Gasteiger partial charge in [-0.15, -0.1) is 11.3 Å². The zero-order chi connectivity index (χ0) is 10.6. The third-order valence-electron chi connectivity index (χ3n) is 1.40. The van der Waals surface area contributed by atoms with Crippen LogP contribution in [0.1, 0.15) is 11.3 Å². The molecule has 1 heterocycles. The maximum atomic E-state index is 11.7. The molecular formula is C8H8BrF3OS. The number of rotatable bonds is 4. The van der Waals surface area contributed by atoms with Crippen molar-refractivity contribution in [3.8, 4) is 0 Å². The lowest BCUT2D eigenvalue weighted by molar-refractivity contribution is -0.145. The summed E-state index contributed by atoms with van der Waals surface area (Å²) in [6.45, 7) is -0.0363. The average molecular weight is 289 g/mol. The van der Waals surface area contributed by atoms with Gasteiger partial charge in [-0.05, 0) is 22.0 Å². The van der Waals surface area contributed by atoms with Crippen LogP contribution in [0.3, 0.4) is 0 Å². The van der Waals surface area contributed by atoms with Gasteiger partial charge >= 0.3 is 6.18 Å². The van der Waals surface area contributed by atoms with Gasteiger partial charge in [-0.1, -0.05) is 0 Å². The second kappa shape index (κ2) is 5.14. The zero-order valence-corrected chi connectivity index (χ0v) is 9.51. The fourth-order valence-electron chi connectivity index (χ4n) is 0.790. The Hall–Kier alpha value is -0.0700. The van der Waals surface area contributed by atoms with Crippen molar-refractivity contribution in [2.24, 2.45) is 0 Å². The Morgan fingerprint density at radius 1 is 1.43 bits per heavy atom. The third-order valence-corrected chi connectivity index (χ3v) is 3.07. The van der Waals surface area contributed by atoms with Crippen LogP contribution in [0.25, 0.3) is 0 Å². The van der Waals surface area contributed by atoms with E-state index in [1.807, 2.05) is 11.4 Å². The predicted molar refractivity (Wildman–Crippen MR) is 52.3 cm³/mol. The molecule has 14 heavy (non-hydrogen) atoms. The molecule has 0 saturated carbocycles. The van der Waals surface area contributed by atoms with E-state index in [4.69, 9.17) is 4.74 Å². The van der Waals surface area contributed by atoms with Crippen LogP contribution < -0.4 is 0 Å². The molecule has 1 aromatic rings. The molecule has 0 aliphatic rings. The van der Waals surface area contributed by atoms with Crippen molar-refractivity contribution < 1.29 is 17.9 Å². The van der Waals surface area contributed by atoms with Crippen molar-refractivity contribution in [3.63, 3.8) is 0 Å². The number of halogens is 4. The minimum absolute atomic E-state index is 0.242. The molecule has 0 aromatic carbocycles. The maximum Gasteiger partial charge on any atom is 0.391 e. The predicted octanol–water partition coefficient (Wildman–Crippen LogP) is 3.98. The Balaban J connectivity index is 2.16. The van der Waals surface area contributed by atoms with Gasteiger partial charge in [-0.25, -0.2) is 0 Å². The summed E-state index contributed by atoms with van der Waals surface area (Å²) in [7, 11) is 0. The minimum atomic E-state index is -4.13. The summed E-state index contributed by atoms with van der Waals surface area (Å²) in [6, 6.07) is 1.83. The summed E-state index contributed by atoms with van der Waals surface area (Å²) in [4.78, 5) is 0.916. The second-order valence-electron chi connectivity index (χ2n) is 2.65. The summed E-state index contributed by atoms with van der Waals surface area (Å²) >= 11 is 4.70. The molecule has 6 heteroatoms. The normalized spacial score (nSPS) is 12.0. The summed E-state index contributed by atoms with van der Waals surface area (Å²) in [5.74, 6) is 0. The Labute approximate surface area is 92.0 Å². The van der Waals surface area contributed by atoms with E-state index < -0.39 is 12.6 Å². The van der Waals surface area contributed by atoms with Gasteiger partial charge in [0, 0.05) is 14.7 Å². The first kappa shape index (κ1) is 12.0. The van der Waals surface area contributed by atoms with Crippen molar-refractivity contribution in [1.29, 1.82) is 0 Å². The topological polar surface area (TPSA) is 9.23 Å². The van der Waals surface area contributed by atoms with Gasteiger partial charge in [0.25, 0.3) is 0 Å². The molecule has 80 valence electrons. The number of hydrogen-bond donors (Lipinski definition) is 0. The van der Waals surface area contributed by atoms with Crippen molar-refractivity contribution in [3.05, 3.63) is 20.8 Å². The molecule has 1 nitrogen and oxygen atoms in total. The van der Waals surface area contributed by atoms with Crippen LogP contribution in [0.4, 0.5) is 13.2 Å². The van der Waals surface area contributed by atoms with Crippen molar-refractivity contribution in [1.82, 2.24) is 0 Å². The number of thiophene rings is 1. The highest BCUT2D eigenvalue weighted by Gasteiger charge is 2.26.